The van der Waals surface area contributed by atoms with Crippen molar-refractivity contribution >= 4 is 21.6 Å². The monoisotopic (exact) mass is 371 g/mol. The molecule has 26 heavy (non-hydrogen) atoms. The first-order valence-corrected chi connectivity index (χ1v) is 10.4. The molecule has 6 nitrogen and oxygen atoms in total. The largest absolute Gasteiger partial charge is 0.336 e. The molecule has 2 aliphatic heterocycles. The van der Waals surface area contributed by atoms with E-state index in [2.05, 4.69) is 4.98 Å². The zero-order valence-electron chi connectivity index (χ0n) is 14.4. The summed E-state index contributed by atoms with van der Waals surface area (Å²) < 4.78 is 28.0. The molecule has 0 spiro atoms. The molecule has 1 aromatic heterocycles. The number of amides is 1. The van der Waals surface area contributed by atoms with Crippen LogP contribution in [0.4, 0.5) is 5.69 Å². The first-order valence-electron chi connectivity index (χ1n) is 8.87. The van der Waals surface area contributed by atoms with Crippen molar-refractivity contribution in [2.45, 2.75) is 24.5 Å². The SMILES string of the molecule is O=C(c1ccccn1)N1CCCC(S(=O)(=O)N2CCc3ccccc32)C1. The summed E-state index contributed by atoms with van der Waals surface area (Å²) in [7, 11) is -3.50. The van der Waals surface area contributed by atoms with Crippen LogP contribution in [0.15, 0.2) is 48.7 Å². The van der Waals surface area contributed by atoms with Crippen molar-refractivity contribution in [3.8, 4) is 0 Å². The van der Waals surface area contributed by atoms with Crippen LogP contribution in [0.1, 0.15) is 28.9 Å². The van der Waals surface area contributed by atoms with E-state index < -0.39 is 15.3 Å². The summed E-state index contributed by atoms with van der Waals surface area (Å²) in [6.45, 7) is 1.26. The highest BCUT2D eigenvalue weighted by Gasteiger charge is 2.39. The Labute approximate surface area is 153 Å². The maximum atomic E-state index is 13.2. The Bertz CT molecular complexity index is 915. The zero-order chi connectivity index (χ0) is 18.1. The summed E-state index contributed by atoms with van der Waals surface area (Å²) in [5.41, 5.74) is 2.20. The highest BCUT2D eigenvalue weighted by atomic mass is 32.2. The minimum absolute atomic E-state index is 0.202. The van der Waals surface area contributed by atoms with E-state index in [4.69, 9.17) is 0 Å². The van der Waals surface area contributed by atoms with Crippen molar-refractivity contribution in [3.63, 3.8) is 0 Å². The molecule has 1 aromatic carbocycles. The van der Waals surface area contributed by atoms with Crippen molar-refractivity contribution in [2.24, 2.45) is 0 Å². The lowest BCUT2D eigenvalue weighted by Crippen LogP contribution is -2.49. The minimum atomic E-state index is -3.50. The predicted molar refractivity (Wildman–Crippen MR) is 99.6 cm³/mol. The number of para-hydroxylation sites is 1. The molecule has 0 N–H and O–H groups in total. The fourth-order valence-electron chi connectivity index (χ4n) is 3.77. The molecule has 1 amide bonds. The van der Waals surface area contributed by atoms with E-state index in [1.54, 1.807) is 29.3 Å². The van der Waals surface area contributed by atoms with E-state index in [1.165, 1.54) is 4.31 Å². The van der Waals surface area contributed by atoms with Crippen molar-refractivity contribution in [1.29, 1.82) is 0 Å². The Morgan fingerprint density at radius 2 is 1.88 bits per heavy atom. The van der Waals surface area contributed by atoms with Gasteiger partial charge in [0.25, 0.3) is 5.91 Å². The number of carbonyl (C=O) groups excluding carboxylic acids is 1. The average Bonchev–Trinajstić information content (AvgIpc) is 3.13. The van der Waals surface area contributed by atoms with Crippen molar-refractivity contribution < 1.29 is 13.2 Å². The first-order chi connectivity index (χ1) is 12.6. The Kier molecular flexibility index (Phi) is 4.40. The molecule has 4 rings (SSSR count). The number of fused-ring (bicyclic) bond motifs is 1. The number of rotatable bonds is 3. The van der Waals surface area contributed by atoms with Gasteiger partial charge in [-0.1, -0.05) is 24.3 Å². The molecule has 1 saturated heterocycles. The van der Waals surface area contributed by atoms with E-state index >= 15 is 0 Å². The number of hydrogen-bond donors (Lipinski definition) is 0. The Balaban J connectivity index is 1.55. The Morgan fingerprint density at radius 3 is 2.69 bits per heavy atom. The predicted octanol–water partition coefficient (Wildman–Crippen LogP) is 2.08. The van der Waals surface area contributed by atoms with Gasteiger partial charge in [0.05, 0.1) is 10.9 Å². The standard InChI is InChI=1S/C19H21N3O3S/c23-19(17-8-3-4-11-20-17)21-12-5-7-16(14-21)26(24,25)22-13-10-15-6-1-2-9-18(15)22/h1-4,6,8-9,11,16H,5,7,10,12-14H2. The van der Waals surface area contributed by atoms with Crippen molar-refractivity contribution in [3.05, 3.63) is 59.9 Å². The molecule has 3 heterocycles. The van der Waals surface area contributed by atoms with Gasteiger partial charge in [-0.15, -0.1) is 0 Å². The number of aromatic nitrogens is 1. The number of anilines is 1. The topological polar surface area (TPSA) is 70.6 Å². The highest BCUT2D eigenvalue weighted by molar-refractivity contribution is 7.93. The van der Waals surface area contributed by atoms with Crippen LogP contribution in [-0.2, 0) is 16.4 Å². The molecular weight excluding hydrogens is 350 g/mol. The number of sulfonamides is 1. The van der Waals surface area contributed by atoms with Gasteiger partial charge >= 0.3 is 0 Å². The summed E-state index contributed by atoms with van der Waals surface area (Å²) in [6, 6.07) is 12.8. The maximum Gasteiger partial charge on any atom is 0.272 e. The molecule has 1 unspecified atom stereocenters. The third-order valence-electron chi connectivity index (χ3n) is 5.12. The molecule has 2 aliphatic rings. The number of pyridine rings is 1. The molecule has 7 heteroatoms. The molecule has 0 radical (unpaired) electrons. The van der Waals surface area contributed by atoms with Crippen LogP contribution in [0.3, 0.4) is 0 Å². The van der Waals surface area contributed by atoms with Crippen LogP contribution in [0.25, 0.3) is 0 Å². The van der Waals surface area contributed by atoms with E-state index in [0.717, 1.165) is 17.7 Å². The first kappa shape index (κ1) is 17.0. The number of nitrogens with zero attached hydrogens (tertiary/aromatic N) is 3. The second-order valence-corrected chi connectivity index (χ2v) is 8.86. The molecule has 0 aliphatic carbocycles. The quantitative estimate of drug-likeness (QED) is 0.828. The van der Waals surface area contributed by atoms with Gasteiger partial charge in [0.2, 0.25) is 10.0 Å². The van der Waals surface area contributed by atoms with Crippen molar-refractivity contribution in [2.75, 3.05) is 23.9 Å². The van der Waals surface area contributed by atoms with Crippen LogP contribution < -0.4 is 4.31 Å². The molecule has 0 bridgehead atoms. The van der Waals surface area contributed by atoms with Gasteiger partial charge in [-0.25, -0.2) is 8.42 Å². The van der Waals surface area contributed by atoms with Gasteiger partial charge in [0.1, 0.15) is 5.69 Å². The number of piperidine rings is 1. The lowest BCUT2D eigenvalue weighted by molar-refractivity contribution is 0.0721. The molecule has 1 fully saturated rings. The van der Waals surface area contributed by atoms with Crippen LogP contribution >= 0.6 is 0 Å². The summed E-state index contributed by atoms with van der Waals surface area (Å²) >= 11 is 0. The Hall–Kier alpha value is -2.41. The van der Waals surface area contributed by atoms with E-state index in [1.807, 2.05) is 24.3 Å². The fraction of sp³-hybridized carbons (Fsp3) is 0.368. The molecule has 0 saturated carbocycles. The summed E-state index contributed by atoms with van der Waals surface area (Å²) in [4.78, 5) is 18.4. The molecular formula is C19H21N3O3S. The second kappa shape index (κ2) is 6.72. The smallest absolute Gasteiger partial charge is 0.272 e. The molecule has 1 atom stereocenters. The van der Waals surface area contributed by atoms with Gasteiger partial charge in [-0.2, -0.15) is 0 Å². The summed E-state index contributed by atoms with van der Waals surface area (Å²) in [6.07, 6.45) is 3.57. The zero-order valence-corrected chi connectivity index (χ0v) is 15.2. The Morgan fingerprint density at radius 1 is 1.08 bits per heavy atom. The third-order valence-corrected chi connectivity index (χ3v) is 7.34. The lowest BCUT2D eigenvalue weighted by atomic mass is 10.1. The van der Waals surface area contributed by atoms with Gasteiger partial charge < -0.3 is 4.90 Å². The van der Waals surface area contributed by atoms with Gasteiger partial charge in [0, 0.05) is 25.8 Å². The highest BCUT2D eigenvalue weighted by Crippen LogP contribution is 2.33. The normalized spacial score (nSPS) is 20.1. The summed E-state index contributed by atoms with van der Waals surface area (Å²) in [5, 5.41) is -0.574. The fourth-order valence-corrected chi connectivity index (χ4v) is 5.76. The van der Waals surface area contributed by atoms with Gasteiger partial charge in [-0.3, -0.25) is 14.1 Å². The minimum Gasteiger partial charge on any atom is -0.336 e. The lowest BCUT2D eigenvalue weighted by Gasteiger charge is -2.34. The second-order valence-electron chi connectivity index (χ2n) is 6.73. The maximum absolute atomic E-state index is 13.2. The number of benzene rings is 1. The average molecular weight is 371 g/mol. The molecule has 136 valence electrons. The number of likely N-dealkylation sites (tertiary alicyclic amines) is 1. The van der Waals surface area contributed by atoms with Crippen LogP contribution in [0, 0.1) is 0 Å². The van der Waals surface area contributed by atoms with Crippen molar-refractivity contribution in [1.82, 2.24) is 9.88 Å². The molecule has 2 aromatic rings. The van der Waals surface area contributed by atoms with Gasteiger partial charge in [0.15, 0.2) is 0 Å². The van der Waals surface area contributed by atoms with Crippen LogP contribution in [-0.4, -0.2) is 49.1 Å². The van der Waals surface area contributed by atoms with E-state index in [-0.39, 0.29) is 12.5 Å². The van der Waals surface area contributed by atoms with Crippen LogP contribution in [0.5, 0.6) is 0 Å². The van der Waals surface area contributed by atoms with E-state index in [9.17, 15) is 13.2 Å². The van der Waals surface area contributed by atoms with Crippen LogP contribution in [0.2, 0.25) is 0 Å². The number of carbonyl (C=O) groups is 1. The third kappa shape index (κ3) is 2.96. The van der Waals surface area contributed by atoms with E-state index in [0.29, 0.717) is 31.6 Å². The summed E-state index contributed by atoms with van der Waals surface area (Å²) in [5.74, 6) is -0.202. The number of hydrogen-bond acceptors (Lipinski definition) is 4. The van der Waals surface area contributed by atoms with Gasteiger partial charge in [-0.05, 0) is 43.0 Å².